The van der Waals surface area contributed by atoms with Gasteiger partial charge in [-0.3, -0.25) is 0 Å². The fourth-order valence-corrected chi connectivity index (χ4v) is 16.0. The van der Waals surface area contributed by atoms with Gasteiger partial charge in [-0.15, -0.1) is 0 Å². The fourth-order valence-electron chi connectivity index (χ4n) is 11.0. The van der Waals surface area contributed by atoms with Crippen molar-refractivity contribution in [3.8, 4) is 17.1 Å². The molecule has 0 radical (unpaired) electrons. The first-order chi connectivity index (χ1) is 31.8. The molecule has 13 rings (SSSR count). The predicted molar refractivity (Wildman–Crippen MR) is 273 cm³/mol. The van der Waals surface area contributed by atoms with E-state index in [1.807, 2.05) is 0 Å². The van der Waals surface area contributed by atoms with Crippen molar-refractivity contribution in [1.82, 2.24) is 13.7 Å². The van der Waals surface area contributed by atoms with E-state index in [9.17, 15) is 0 Å². The molecule has 0 aliphatic heterocycles. The van der Waals surface area contributed by atoms with Gasteiger partial charge in [0.1, 0.15) is 0 Å². The van der Waals surface area contributed by atoms with Gasteiger partial charge in [-0.2, -0.15) is 0 Å². The van der Waals surface area contributed by atoms with Gasteiger partial charge in [0.15, 0.2) is 8.07 Å². The Morgan fingerprint density at radius 1 is 0.234 bits per heavy atom. The number of aromatic nitrogens is 3. The minimum atomic E-state index is -3.10. The number of fused-ring (bicyclic) bond motifs is 9. The molecular formula is C60H41N3Si. The van der Waals surface area contributed by atoms with E-state index in [2.05, 4.69) is 262 Å². The normalized spacial score (nSPS) is 12.1. The van der Waals surface area contributed by atoms with Crippen molar-refractivity contribution < 1.29 is 0 Å². The minimum absolute atomic E-state index is 1.12. The molecule has 0 saturated heterocycles. The van der Waals surface area contributed by atoms with Gasteiger partial charge < -0.3 is 13.7 Å². The molecule has 0 N–H and O–H groups in total. The van der Waals surface area contributed by atoms with E-state index in [0.717, 1.165) is 17.1 Å². The SMILES string of the molecule is c1ccc(-n2c3ccccc3c3ccc(-n4c5ccccc5c5c([Si](c6ccccc6)(c6ccccc6)c6ccccc6)cc(-n6c7ccccc7c7ccccc76)cc54)cc32)cc1. The molecule has 0 bridgehead atoms. The summed E-state index contributed by atoms with van der Waals surface area (Å²) in [5.41, 5.74) is 10.5. The molecule has 300 valence electrons. The van der Waals surface area contributed by atoms with Crippen LogP contribution in [0.4, 0.5) is 0 Å². The topological polar surface area (TPSA) is 14.8 Å². The van der Waals surface area contributed by atoms with Crippen molar-refractivity contribution in [2.24, 2.45) is 0 Å². The molecule has 0 unspecified atom stereocenters. The largest absolute Gasteiger partial charge is 0.309 e. The van der Waals surface area contributed by atoms with Crippen LogP contribution in [0.5, 0.6) is 0 Å². The maximum absolute atomic E-state index is 3.10. The fraction of sp³-hybridized carbons (Fsp3) is 0. The van der Waals surface area contributed by atoms with Crippen LogP contribution in [0.2, 0.25) is 0 Å². The molecule has 0 amide bonds. The lowest BCUT2D eigenvalue weighted by atomic mass is 10.1. The minimum Gasteiger partial charge on any atom is -0.309 e. The summed E-state index contributed by atoms with van der Waals surface area (Å²) in [6, 6.07) is 92.6. The summed E-state index contributed by atoms with van der Waals surface area (Å²) in [6.07, 6.45) is 0. The Hall–Kier alpha value is -8.18. The zero-order valence-electron chi connectivity index (χ0n) is 35.0. The first-order valence-electron chi connectivity index (χ1n) is 22.1. The van der Waals surface area contributed by atoms with Gasteiger partial charge in [-0.25, -0.2) is 0 Å². The van der Waals surface area contributed by atoms with Gasteiger partial charge in [0.05, 0.1) is 33.1 Å². The molecule has 3 aromatic heterocycles. The molecule has 0 saturated carbocycles. The highest BCUT2D eigenvalue weighted by Gasteiger charge is 2.43. The maximum atomic E-state index is 2.56. The lowest BCUT2D eigenvalue weighted by Gasteiger charge is -2.35. The second-order valence-corrected chi connectivity index (χ2v) is 20.6. The third-order valence-corrected chi connectivity index (χ3v) is 18.4. The van der Waals surface area contributed by atoms with Gasteiger partial charge in [0.25, 0.3) is 0 Å². The summed E-state index contributed by atoms with van der Waals surface area (Å²) in [7, 11) is -3.10. The Bertz CT molecular complexity index is 3730. The van der Waals surface area contributed by atoms with Crippen molar-refractivity contribution >= 4 is 94.2 Å². The zero-order valence-corrected chi connectivity index (χ0v) is 36.0. The van der Waals surface area contributed by atoms with Crippen LogP contribution in [0, 0.1) is 0 Å². The van der Waals surface area contributed by atoms with Crippen LogP contribution in [0.15, 0.2) is 249 Å². The van der Waals surface area contributed by atoms with Crippen molar-refractivity contribution in [3.63, 3.8) is 0 Å². The Balaban J connectivity index is 1.24. The second-order valence-electron chi connectivity index (χ2n) is 16.8. The Kier molecular flexibility index (Phi) is 8.23. The first-order valence-corrected chi connectivity index (χ1v) is 24.1. The molecule has 3 nitrogen and oxygen atoms in total. The second kappa shape index (κ2) is 14.5. The number of hydrogen-bond donors (Lipinski definition) is 0. The lowest BCUT2D eigenvalue weighted by molar-refractivity contribution is 1.15. The summed E-state index contributed by atoms with van der Waals surface area (Å²) < 4.78 is 7.47. The molecule has 0 aliphatic carbocycles. The van der Waals surface area contributed by atoms with Gasteiger partial charge >= 0.3 is 0 Å². The predicted octanol–water partition coefficient (Wildman–Crippen LogP) is 12.4. The molecule has 3 heterocycles. The number of nitrogens with zero attached hydrogens (tertiary/aromatic N) is 3. The number of para-hydroxylation sites is 5. The Morgan fingerprint density at radius 3 is 1.09 bits per heavy atom. The molecule has 0 atom stereocenters. The molecule has 13 aromatic rings. The van der Waals surface area contributed by atoms with Crippen LogP contribution < -0.4 is 20.7 Å². The number of hydrogen-bond acceptors (Lipinski definition) is 0. The summed E-state index contributed by atoms with van der Waals surface area (Å²) in [5.74, 6) is 0. The standard InChI is InChI=1S/C60H41N3Si/c1-5-21-42(22-6-1)61-53-33-17-15-31-50(53)51-38-37-43(39-57(51)61)62-56-36-20-16-32-52(56)60-58(62)40-44(63-54-34-18-13-29-48(54)49-30-14-19-35-55(49)63)41-59(60)64(45-23-7-2-8-24-45,46-25-9-3-10-26-46)47-27-11-4-12-28-47/h1-41H. The number of benzene rings is 10. The van der Waals surface area contributed by atoms with Crippen molar-refractivity contribution in [2.45, 2.75) is 0 Å². The summed E-state index contributed by atoms with van der Waals surface area (Å²) in [5, 5.41) is 12.9. The smallest absolute Gasteiger partial charge is 0.180 e. The molecule has 10 aromatic carbocycles. The van der Waals surface area contributed by atoms with E-state index < -0.39 is 8.07 Å². The van der Waals surface area contributed by atoms with Crippen molar-refractivity contribution in [2.75, 3.05) is 0 Å². The van der Waals surface area contributed by atoms with E-state index >= 15 is 0 Å². The lowest BCUT2D eigenvalue weighted by Crippen LogP contribution is -2.74. The van der Waals surface area contributed by atoms with E-state index in [0.29, 0.717) is 0 Å². The van der Waals surface area contributed by atoms with Crippen LogP contribution >= 0.6 is 0 Å². The van der Waals surface area contributed by atoms with E-state index in [1.165, 1.54) is 86.2 Å². The molecule has 64 heavy (non-hydrogen) atoms. The third-order valence-electron chi connectivity index (χ3n) is 13.6. The molecule has 0 fully saturated rings. The Labute approximate surface area is 372 Å². The van der Waals surface area contributed by atoms with Crippen molar-refractivity contribution in [3.05, 3.63) is 249 Å². The monoisotopic (exact) mass is 831 g/mol. The summed E-state index contributed by atoms with van der Waals surface area (Å²) >= 11 is 0. The van der Waals surface area contributed by atoms with E-state index in [4.69, 9.17) is 0 Å². The van der Waals surface area contributed by atoms with Crippen LogP contribution in [0.1, 0.15) is 0 Å². The average molecular weight is 832 g/mol. The van der Waals surface area contributed by atoms with Crippen LogP contribution in [-0.2, 0) is 0 Å². The van der Waals surface area contributed by atoms with Gasteiger partial charge in [0.2, 0.25) is 0 Å². The van der Waals surface area contributed by atoms with Gasteiger partial charge in [0, 0.05) is 49.4 Å². The summed E-state index contributed by atoms with van der Waals surface area (Å²) in [6.45, 7) is 0. The third kappa shape index (κ3) is 5.27. The Morgan fingerprint density at radius 2 is 0.594 bits per heavy atom. The van der Waals surface area contributed by atoms with Crippen LogP contribution in [0.3, 0.4) is 0 Å². The van der Waals surface area contributed by atoms with Gasteiger partial charge in [-0.05, 0) is 81.4 Å². The van der Waals surface area contributed by atoms with Crippen LogP contribution in [0.25, 0.3) is 82.5 Å². The maximum Gasteiger partial charge on any atom is 0.180 e. The van der Waals surface area contributed by atoms with Crippen molar-refractivity contribution in [1.29, 1.82) is 0 Å². The molecular weight excluding hydrogens is 791 g/mol. The zero-order chi connectivity index (χ0) is 42.2. The average Bonchev–Trinajstić information content (AvgIpc) is 4.01. The van der Waals surface area contributed by atoms with E-state index in [-0.39, 0.29) is 0 Å². The highest BCUT2D eigenvalue weighted by molar-refractivity contribution is 7.20. The first kappa shape index (κ1) is 36.5. The highest BCUT2D eigenvalue weighted by atomic mass is 28.3. The van der Waals surface area contributed by atoms with Crippen LogP contribution in [-0.4, -0.2) is 21.8 Å². The van der Waals surface area contributed by atoms with E-state index in [1.54, 1.807) is 0 Å². The summed E-state index contributed by atoms with van der Waals surface area (Å²) in [4.78, 5) is 0. The molecule has 0 spiro atoms. The molecule has 4 heteroatoms. The quantitative estimate of drug-likeness (QED) is 0.112. The molecule has 0 aliphatic rings. The highest BCUT2D eigenvalue weighted by Crippen LogP contribution is 2.39. The number of rotatable bonds is 7. The van der Waals surface area contributed by atoms with Gasteiger partial charge in [-0.1, -0.05) is 188 Å².